The van der Waals surface area contributed by atoms with Crippen molar-refractivity contribution in [3.8, 4) is 0 Å². The molecule has 0 radical (unpaired) electrons. The smallest absolute Gasteiger partial charge is 0.334 e. The Labute approximate surface area is 110 Å². The number of amides is 4. The Hall–Kier alpha value is -2.25. The normalized spacial score (nSPS) is 22.2. The molecule has 0 spiro atoms. The molecular formula is C11H16N5O3+. The van der Waals surface area contributed by atoms with E-state index in [4.69, 9.17) is 0 Å². The Morgan fingerprint density at radius 3 is 2.68 bits per heavy atom. The molecule has 0 saturated carbocycles. The van der Waals surface area contributed by atoms with Gasteiger partial charge in [-0.25, -0.2) is 9.37 Å². The molecule has 19 heavy (non-hydrogen) atoms. The highest BCUT2D eigenvalue weighted by atomic mass is 16.2. The highest BCUT2D eigenvalue weighted by Crippen LogP contribution is 2.16. The average Bonchev–Trinajstić information content (AvgIpc) is 2.73. The van der Waals surface area contributed by atoms with Gasteiger partial charge < -0.3 is 4.90 Å². The molecule has 1 atom stereocenters. The lowest BCUT2D eigenvalue weighted by Gasteiger charge is -2.32. The van der Waals surface area contributed by atoms with Crippen molar-refractivity contribution in [2.45, 2.75) is 6.04 Å². The second-order valence-corrected chi connectivity index (χ2v) is 4.72. The molecule has 0 N–H and O–H groups in total. The summed E-state index contributed by atoms with van der Waals surface area (Å²) in [4.78, 5) is 43.7. The first-order chi connectivity index (χ1) is 8.84. The highest BCUT2D eigenvalue weighted by molar-refractivity contribution is 6.22. The van der Waals surface area contributed by atoms with Gasteiger partial charge in [0.05, 0.1) is 7.05 Å². The fourth-order valence-electron chi connectivity index (χ4n) is 1.97. The zero-order valence-corrected chi connectivity index (χ0v) is 11.3. The highest BCUT2D eigenvalue weighted by Gasteiger charge is 2.51. The molecule has 2 rings (SSSR count). The van der Waals surface area contributed by atoms with Crippen LogP contribution in [0.5, 0.6) is 0 Å². The summed E-state index contributed by atoms with van der Waals surface area (Å²) in [6.45, 7) is -0.257. The third-order valence-corrected chi connectivity index (χ3v) is 3.18. The van der Waals surface area contributed by atoms with Crippen LogP contribution in [0.25, 0.3) is 0 Å². The molecule has 8 nitrogen and oxygen atoms in total. The number of imide groups is 1. The van der Waals surface area contributed by atoms with E-state index in [9.17, 15) is 14.4 Å². The molecule has 8 heteroatoms. The van der Waals surface area contributed by atoms with Crippen molar-refractivity contribution < 1.29 is 19.0 Å². The summed E-state index contributed by atoms with van der Waals surface area (Å²) in [5.74, 6) is -0.334. The first-order valence-electron chi connectivity index (χ1n) is 5.76. The molecule has 1 unspecified atom stereocenters. The molecular weight excluding hydrogens is 250 g/mol. The number of fused-ring (bicyclic) bond motifs is 1. The van der Waals surface area contributed by atoms with E-state index in [2.05, 4.69) is 4.99 Å². The maximum Gasteiger partial charge on any atom is 0.334 e. The molecule has 2 heterocycles. The van der Waals surface area contributed by atoms with Crippen molar-refractivity contribution in [1.29, 1.82) is 0 Å². The number of amidine groups is 1. The number of aliphatic imine (C=N–C) groups is 1. The largest absolute Gasteiger partial charge is 0.347 e. The van der Waals surface area contributed by atoms with Gasteiger partial charge in [-0.1, -0.05) is 0 Å². The van der Waals surface area contributed by atoms with Gasteiger partial charge in [0, 0.05) is 21.1 Å². The van der Waals surface area contributed by atoms with E-state index in [-0.39, 0.29) is 12.5 Å². The molecule has 1 fully saturated rings. The van der Waals surface area contributed by atoms with E-state index in [1.54, 1.807) is 32.8 Å². The minimum Gasteiger partial charge on any atom is -0.347 e. The van der Waals surface area contributed by atoms with Crippen LogP contribution >= 0.6 is 0 Å². The average molecular weight is 266 g/mol. The summed E-state index contributed by atoms with van der Waals surface area (Å²) in [6.07, 6.45) is 1.50. The Balaban J connectivity index is 2.28. The summed E-state index contributed by atoms with van der Waals surface area (Å²) < 4.78 is 1.62. The lowest BCUT2D eigenvalue weighted by Crippen LogP contribution is -2.63. The molecule has 0 aromatic carbocycles. The SMILES string of the molecule is CN(C)C(=O)CN1C(=O)C2C(=NC=[N+]2C)N(C)C1=O. The second kappa shape index (κ2) is 4.45. The van der Waals surface area contributed by atoms with Crippen molar-refractivity contribution >= 4 is 30.0 Å². The molecule has 2 aliphatic heterocycles. The number of rotatable bonds is 2. The van der Waals surface area contributed by atoms with Crippen molar-refractivity contribution in [2.24, 2.45) is 4.99 Å². The van der Waals surface area contributed by atoms with Crippen molar-refractivity contribution in [2.75, 3.05) is 34.7 Å². The lowest BCUT2D eigenvalue weighted by atomic mass is 10.1. The molecule has 4 amide bonds. The van der Waals surface area contributed by atoms with Gasteiger partial charge in [-0.05, 0) is 4.99 Å². The Morgan fingerprint density at radius 1 is 1.47 bits per heavy atom. The van der Waals surface area contributed by atoms with Crippen LogP contribution in [0.3, 0.4) is 0 Å². The lowest BCUT2D eigenvalue weighted by molar-refractivity contribution is -0.500. The van der Waals surface area contributed by atoms with Gasteiger partial charge in [-0.3, -0.25) is 19.4 Å². The van der Waals surface area contributed by atoms with E-state index >= 15 is 0 Å². The Kier molecular flexibility index (Phi) is 3.09. The number of nitrogens with zero attached hydrogens (tertiary/aromatic N) is 5. The standard InChI is InChI=1S/C11H16N5O3/c1-13(2)7(17)5-16-10(18)8-9(12-6-14(8)3)15(4)11(16)19/h6,8H,5H2,1-4H3/q+1. The number of urea groups is 1. The van der Waals surface area contributed by atoms with Crippen LogP contribution in [0.4, 0.5) is 4.79 Å². The summed E-state index contributed by atoms with van der Waals surface area (Å²) in [5, 5.41) is 0. The fourth-order valence-corrected chi connectivity index (χ4v) is 1.97. The van der Waals surface area contributed by atoms with E-state index in [1.807, 2.05) is 0 Å². The maximum atomic E-state index is 12.3. The minimum atomic E-state index is -0.627. The molecule has 102 valence electrons. The van der Waals surface area contributed by atoms with Gasteiger partial charge in [-0.15, -0.1) is 0 Å². The molecule has 0 bridgehead atoms. The van der Waals surface area contributed by atoms with Gasteiger partial charge in [0.15, 0.2) is 0 Å². The molecule has 1 saturated heterocycles. The predicted molar refractivity (Wildman–Crippen MR) is 67.0 cm³/mol. The van der Waals surface area contributed by atoms with E-state index < -0.39 is 18.0 Å². The quantitative estimate of drug-likeness (QED) is 0.566. The third kappa shape index (κ3) is 1.98. The molecule has 0 aromatic heterocycles. The summed E-state index contributed by atoms with van der Waals surface area (Å²) >= 11 is 0. The Bertz CT molecular complexity index is 522. The van der Waals surface area contributed by atoms with E-state index in [0.717, 1.165) is 4.90 Å². The molecule has 2 aliphatic rings. The minimum absolute atomic E-state index is 0.257. The number of likely N-dealkylation sites (N-methyl/N-ethyl adjacent to an activating group) is 3. The van der Waals surface area contributed by atoms with Gasteiger partial charge in [0.25, 0.3) is 24.1 Å². The maximum absolute atomic E-state index is 12.3. The Morgan fingerprint density at radius 2 is 2.11 bits per heavy atom. The fraction of sp³-hybridized carbons (Fsp3) is 0.545. The summed E-state index contributed by atoms with van der Waals surface area (Å²) in [5.41, 5.74) is 0. The van der Waals surface area contributed by atoms with Crippen LogP contribution in [0.1, 0.15) is 0 Å². The zero-order chi connectivity index (χ0) is 14.3. The number of carbonyl (C=O) groups excluding carboxylic acids is 3. The number of carbonyl (C=O) groups is 3. The van der Waals surface area contributed by atoms with Gasteiger partial charge in [0.2, 0.25) is 5.91 Å². The van der Waals surface area contributed by atoms with Gasteiger partial charge >= 0.3 is 6.03 Å². The topological polar surface area (TPSA) is 76.3 Å². The van der Waals surface area contributed by atoms with Crippen molar-refractivity contribution in [3.63, 3.8) is 0 Å². The van der Waals surface area contributed by atoms with Crippen LogP contribution in [-0.4, -0.2) is 90.1 Å². The van der Waals surface area contributed by atoms with Crippen molar-refractivity contribution in [1.82, 2.24) is 14.7 Å². The van der Waals surface area contributed by atoms with Gasteiger partial charge in [-0.2, -0.15) is 0 Å². The molecule has 0 aromatic rings. The predicted octanol–water partition coefficient (Wildman–Crippen LogP) is -1.58. The van der Waals surface area contributed by atoms with Crippen molar-refractivity contribution in [3.05, 3.63) is 0 Å². The van der Waals surface area contributed by atoms with Crippen LogP contribution in [0.15, 0.2) is 4.99 Å². The van der Waals surface area contributed by atoms with Crippen LogP contribution < -0.4 is 0 Å². The monoisotopic (exact) mass is 266 g/mol. The number of hydrogen-bond donors (Lipinski definition) is 0. The van der Waals surface area contributed by atoms with E-state index in [0.29, 0.717) is 5.84 Å². The first-order valence-corrected chi connectivity index (χ1v) is 5.76. The van der Waals surface area contributed by atoms with Crippen LogP contribution in [0, 0.1) is 0 Å². The van der Waals surface area contributed by atoms with Crippen LogP contribution in [-0.2, 0) is 9.59 Å². The van der Waals surface area contributed by atoms with E-state index in [1.165, 1.54) is 16.1 Å². The zero-order valence-electron chi connectivity index (χ0n) is 11.3. The first kappa shape index (κ1) is 13.2. The summed E-state index contributed by atoms with van der Waals surface area (Å²) in [7, 11) is 6.40. The summed E-state index contributed by atoms with van der Waals surface area (Å²) in [6, 6.07) is -1.16. The number of hydrogen-bond acceptors (Lipinski definition) is 4. The molecule has 0 aliphatic carbocycles. The second-order valence-electron chi connectivity index (χ2n) is 4.72. The van der Waals surface area contributed by atoms with Gasteiger partial charge in [0.1, 0.15) is 6.54 Å². The van der Waals surface area contributed by atoms with Crippen LogP contribution in [0.2, 0.25) is 0 Å². The third-order valence-electron chi connectivity index (χ3n) is 3.18.